The van der Waals surface area contributed by atoms with E-state index in [9.17, 15) is 0 Å². The SMILES string of the molecule is C#Cc1c(C)[nH]c2ccccc12. The predicted molar refractivity (Wildman–Crippen MR) is 51.0 cm³/mol. The lowest BCUT2D eigenvalue weighted by atomic mass is 10.1. The predicted octanol–water partition coefficient (Wildman–Crippen LogP) is 2.46. The van der Waals surface area contributed by atoms with Gasteiger partial charge in [-0.05, 0) is 13.0 Å². The van der Waals surface area contributed by atoms with Gasteiger partial charge < -0.3 is 4.98 Å². The van der Waals surface area contributed by atoms with Crippen LogP contribution in [0, 0.1) is 19.3 Å². The highest BCUT2D eigenvalue weighted by atomic mass is 14.7. The Morgan fingerprint density at radius 1 is 1.33 bits per heavy atom. The van der Waals surface area contributed by atoms with Crippen LogP contribution in [0.3, 0.4) is 0 Å². The molecule has 0 aliphatic heterocycles. The number of rotatable bonds is 0. The summed E-state index contributed by atoms with van der Waals surface area (Å²) < 4.78 is 0. The van der Waals surface area contributed by atoms with Crippen molar-refractivity contribution in [3.8, 4) is 12.3 Å². The minimum atomic E-state index is 0.977. The second-order valence-electron chi connectivity index (χ2n) is 2.81. The smallest absolute Gasteiger partial charge is 0.0525 e. The number of H-pyrrole nitrogens is 1. The van der Waals surface area contributed by atoms with Crippen molar-refractivity contribution in [1.82, 2.24) is 4.98 Å². The van der Waals surface area contributed by atoms with Gasteiger partial charge in [0.2, 0.25) is 0 Å². The first-order valence-electron chi connectivity index (χ1n) is 3.87. The molecule has 12 heavy (non-hydrogen) atoms. The Morgan fingerprint density at radius 3 is 2.83 bits per heavy atom. The third-order valence-electron chi connectivity index (χ3n) is 2.04. The molecule has 0 spiro atoms. The fourth-order valence-corrected chi connectivity index (χ4v) is 1.46. The van der Waals surface area contributed by atoms with Crippen LogP contribution < -0.4 is 0 Å². The highest BCUT2D eigenvalue weighted by molar-refractivity contribution is 5.87. The van der Waals surface area contributed by atoms with Crippen molar-refractivity contribution in [2.75, 3.05) is 0 Å². The summed E-state index contributed by atoms with van der Waals surface area (Å²) in [5.41, 5.74) is 3.16. The number of hydrogen-bond acceptors (Lipinski definition) is 0. The van der Waals surface area contributed by atoms with Gasteiger partial charge in [-0.15, -0.1) is 6.42 Å². The third kappa shape index (κ3) is 0.820. The molecule has 0 atom stereocenters. The zero-order chi connectivity index (χ0) is 8.55. The molecular weight excluding hydrogens is 146 g/mol. The molecule has 1 heterocycles. The molecule has 0 unspecified atom stereocenters. The first kappa shape index (κ1) is 7.00. The largest absolute Gasteiger partial charge is 0.358 e. The van der Waals surface area contributed by atoms with Crippen LogP contribution in [0.5, 0.6) is 0 Å². The Hall–Kier alpha value is -1.68. The van der Waals surface area contributed by atoms with Gasteiger partial charge in [0.25, 0.3) is 0 Å². The van der Waals surface area contributed by atoms with E-state index < -0.39 is 0 Å². The lowest BCUT2D eigenvalue weighted by Crippen LogP contribution is -1.73. The summed E-state index contributed by atoms with van der Waals surface area (Å²) in [7, 11) is 0. The average Bonchev–Trinajstić information content (AvgIpc) is 2.40. The van der Waals surface area contributed by atoms with E-state index in [0.29, 0.717) is 0 Å². The van der Waals surface area contributed by atoms with Crippen molar-refractivity contribution in [2.45, 2.75) is 6.92 Å². The monoisotopic (exact) mass is 155 g/mol. The van der Waals surface area contributed by atoms with Crippen LogP contribution in [-0.4, -0.2) is 4.98 Å². The van der Waals surface area contributed by atoms with Crippen LogP contribution in [0.25, 0.3) is 10.9 Å². The molecule has 1 nitrogen and oxygen atoms in total. The third-order valence-corrected chi connectivity index (χ3v) is 2.04. The lowest BCUT2D eigenvalue weighted by molar-refractivity contribution is 1.29. The maximum atomic E-state index is 5.39. The van der Waals surface area contributed by atoms with E-state index in [-0.39, 0.29) is 0 Å². The number of para-hydroxylation sites is 1. The second-order valence-corrected chi connectivity index (χ2v) is 2.81. The Morgan fingerprint density at radius 2 is 2.08 bits per heavy atom. The summed E-state index contributed by atoms with van der Waals surface area (Å²) in [5, 5.41) is 1.14. The summed E-state index contributed by atoms with van der Waals surface area (Å²) in [6, 6.07) is 8.06. The average molecular weight is 155 g/mol. The first-order chi connectivity index (χ1) is 5.83. The molecular formula is C11H9N. The van der Waals surface area contributed by atoms with E-state index in [1.54, 1.807) is 0 Å². The van der Waals surface area contributed by atoms with Crippen LogP contribution >= 0.6 is 0 Å². The number of aryl methyl sites for hydroxylation is 1. The van der Waals surface area contributed by atoms with Crippen molar-refractivity contribution in [2.24, 2.45) is 0 Å². The summed E-state index contributed by atoms with van der Waals surface area (Å²) in [4.78, 5) is 3.24. The molecule has 1 heteroatoms. The molecule has 0 fully saturated rings. The van der Waals surface area contributed by atoms with Crippen LogP contribution in [0.2, 0.25) is 0 Å². The van der Waals surface area contributed by atoms with E-state index in [4.69, 9.17) is 6.42 Å². The van der Waals surface area contributed by atoms with Gasteiger partial charge in [0.1, 0.15) is 0 Å². The van der Waals surface area contributed by atoms with Crippen LogP contribution in [0.1, 0.15) is 11.3 Å². The van der Waals surface area contributed by atoms with E-state index in [1.807, 2.05) is 31.2 Å². The molecule has 0 aliphatic carbocycles. The van der Waals surface area contributed by atoms with Gasteiger partial charge in [0.05, 0.1) is 5.56 Å². The summed E-state index contributed by atoms with van der Waals surface area (Å²) in [6.07, 6.45) is 5.39. The molecule has 0 radical (unpaired) electrons. The number of nitrogens with one attached hydrogen (secondary N) is 1. The quantitative estimate of drug-likeness (QED) is 0.562. The fraction of sp³-hybridized carbons (Fsp3) is 0.0909. The Bertz CT molecular complexity index is 457. The fourth-order valence-electron chi connectivity index (χ4n) is 1.46. The van der Waals surface area contributed by atoms with E-state index >= 15 is 0 Å². The van der Waals surface area contributed by atoms with Gasteiger partial charge in [-0.25, -0.2) is 0 Å². The lowest BCUT2D eigenvalue weighted by Gasteiger charge is -1.87. The van der Waals surface area contributed by atoms with Gasteiger partial charge >= 0.3 is 0 Å². The van der Waals surface area contributed by atoms with E-state index in [0.717, 1.165) is 22.2 Å². The molecule has 0 saturated carbocycles. The van der Waals surface area contributed by atoms with Gasteiger partial charge in [-0.2, -0.15) is 0 Å². The maximum Gasteiger partial charge on any atom is 0.0525 e. The molecule has 2 rings (SSSR count). The van der Waals surface area contributed by atoms with E-state index in [1.165, 1.54) is 0 Å². The number of terminal acetylenes is 1. The van der Waals surface area contributed by atoms with Gasteiger partial charge in [0.15, 0.2) is 0 Å². The number of hydrogen-bond donors (Lipinski definition) is 1. The number of fused-ring (bicyclic) bond motifs is 1. The van der Waals surface area contributed by atoms with E-state index in [2.05, 4.69) is 10.9 Å². The molecule has 0 amide bonds. The molecule has 1 aromatic carbocycles. The number of aromatic amines is 1. The highest BCUT2D eigenvalue weighted by Crippen LogP contribution is 2.20. The molecule has 0 bridgehead atoms. The van der Waals surface area contributed by atoms with Crippen molar-refractivity contribution >= 4 is 10.9 Å². The van der Waals surface area contributed by atoms with Crippen molar-refractivity contribution in [3.63, 3.8) is 0 Å². The van der Waals surface area contributed by atoms with Gasteiger partial charge in [-0.3, -0.25) is 0 Å². The van der Waals surface area contributed by atoms with Crippen LogP contribution in [0.15, 0.2) is 24.3 Å². The number of benzene rings is 1. The van der Waals surface area contributed by atoms with Crippen molar-refractivity contribution in [1.29, 1.82) is 0 Å². The minimum absolute atomic E-state index is 0.977. The summed E-state index contributed by atoms with van der Waals surface area (Å²) in [5.74, 6) is 2.69. The Balaban J connectivity index is 2.93. The molecule has 58 valence electrons. The zero-order valence-corrected chi connectivity index (χ0v) is 6.89. The molecule has 0 saturated heterocycles. The molecule has 1 aromatic heterocycles. The van der Waals surface area contributed by atoms with Gasteiger partial charge in [-0.1, -0.05) is 24.1 Å². The van der Waals surface area contributed by atoms with Crippen molar-refractivity contribution in [3.05, 3.63) is 35.5 Å². The summed E-state index contributed by atoms with van der Waals surface area (Å²) in [6.45, 7) is 2.00. The number of aromatic nitrogens is 1. The topological polar surface area (TPSA) is 15.8 Å². The minimum Gasteiger partial charge on any atom is -0.358 e. The van der Waals surface area contributed by atoms with Crippen LogP contribution in [-0.2, 0) is 0 Å². The molecule has 1 N–H and O–H groups in total. The Kier molecular flexibility index (Phi) is 1.41. The summed E-state index contributed by atoms with van der Waals surface area (Å²) >= 11 is 0. The van der Waals surface area contributed by atoms with Crippen LogP contribution in [0.4, 0.5) is 0 Å². The highest BCUT2D eigenvalue weighted by Gasteiger charge is 2.03. The standard InChI is InChI=1S/C11H9N/c1-3-9-8(2)12-11-7-5-4-6-10(9)11/h1,4-7,12H,2H3. The van der Waals surface area contributed by atoms with Gasteiger partial charge in [0, 0.05) is 16.6 Å². The molecule has 2 aromatic rings. The molecule has 0 aliphatic rings. The zero-order valence-electron chi connectivity index (χ0n) is 6.89. The Labute approximate surface area is 71.4 Å². The maximum absolute atomic E-state index is 5.39. The first-order valence-corrected chi connectivity index (χ1v) is 3.87. The normalized spacial score (nSPS) is 10.0. The van der Waals surface area contributed by atoms with Crippen molar-refractivity contribution < 1.29 is 0 Å². The second kappa shape index (κ2) is 2.42.